The molecule has 2 rings (SSSR count). The van der Waals surface area contributed by atoms with Crippen molar-refractivity contribution < 1.29 is 14.3 Å². The van der Waals surface area contributed by atoms with Gasteiger partial charge in [0.05, 0.1) is 14.2 Å². The predicted molar refractivity (Wildman–Crippen MR) is 95.7 cm³/mol. The van der Waals surface area contributed by atoms with E-state index in [4.69, 9.17) is 9.47 Å². The SMILES string of the molecule is COc1ccc(NC(=O)CCNC(C)c2ccccc2)cc1OC. The molecule has 5 nitrogen and oxygen atoms in total. The van der Waals surface area contributed by atoms with Crippen LogP contribution in [0.15, 0.2) is 48.5 Å². The lowest BCUT2D eigenvalue weighted by Crippen LogP contribution is -2.24. The highest BCUT2D eigenvalue weighted by molar-refractivity contribution is 5.91. The molecule has 0 aliphatic rings. The minimum Gasteiger partial charge on any atom is -0.493 e. The third-order valence-electron chi connectivity index (χ3n) is 3.77. The van der Waals surface area contributed by atoms with Crippen molar-refractivity contribution in [1.29, 1.82) is 0 Å². The van der Waals surface area contributed by atoms with Gasteiger partial charge in [0.2, 0.25) is 5.91 Å². The first-order valence-corrected chi connectivity index (χ1v) is 7.94. The number of ether oxygens (including phenoxy) is 2. The molecule has 0 aromatic heterocycles. The fourth-order valence-electron chi connectivity index (χ4n) is 2.40. The normalized spacial score (nSPS) is 11.6. The second-order valence-corrected chi connectivity index (χ2v) is 5.45. The van der Waals surface area contributed by atoms with E-state index in [1.807, 2.05) is 18.2 Å². The van der Waals surface area contributed by atoms with Gasteiger partial charge in [-0.2, -0.15) is 0 Å². The zero-order chi connectivity index (χ0) is 17.4. The first kappa shape index (κ1) is 17.8. The predicted octanol–water partition coefficient (Wildman–Crippen LogP) is 3.38. The van der Waals surface area contributed by atoms with Gasteiger partial charge in [-0.1, -0.05) is 30.3 Å². The molecule has 0 saturated heterocycles. The number of benzene rings is 2. The van der Waals surface area contributed by atoms with Gasteiger partial charge in [0.15, 0.2) is 11.5 Å². The summed E-state index contributed by atoms with van der Waals surface area (Å²) in [4.78, 5) is 12.1. The summed E-state index contributed by atoms with van der Waals surface area (Å²) in [5.41, 5.74) is 1.89. The molecule has 24 heavy (non-hydrogen) atoms. The average molecular weight is 328 g/mol. The van der Waals surface area contributed by atoms with E-state index in [-0.39, 0.29) is 11.9 Å². The Labute approximate surface area is 143 Å². The average Bonchev–Trinajstić information content (AvgIpc) is 2.62. The van der Waals surface area contributed by atoms with Gasteiger partial charge in [-0.25, -0.2) is 0 Å². The molecule has 1 amide bonds. The number of hydrogen-bond donors (Lipinski definition) is 2. The minimum atomic E-state index is -0.0463. The summed E-state index contributed by atoms with van der Waals surface area (Å²) in [7, 11) is 3.15. The summed E-state index contributed by atoms with van der Waals surface area (Å²) in [5.74, 6) is 1.18. The van der Waals surface area contributed by atoms with Crippen molar-refractivity contribution in [3.05, 3.63) is 54.1 Å². The van der Waals surface area contributed by atoms with Crippen molar-refractivity contribution in [3.63, 3.8) is 0 Å². The molecule has 2 aromatic rings. The molecule has 0 spiro atoms. The monoisotopic (exact) mass is 328 g/mol. The lowest BCUT2D eigenvalue weighted by atomic mass is 10.1. The summed E-state index contributed by atoms with van der Waals surface area (Å²) < 4.78 is 10.4. The van der Waals surface area contributed by atoms with Crippen LogP contribution in [0.5, 0.6) is 11.5 Å². The highest BCUT2D eigenvalue weighted by Gasteiger charge is 2.09. The van der Waals surface area contributed by atoms with Gasteiger partial charge >= 0.3 is 0 Å². The number of carbonyl (C=O) groups is 1. The van der Waals surface area contributed by atoms with Gasteiger partial charge in [-0.3, -0.25) is 4.79 Å². The minimum absolute atomic E-state index is 0.0463. The quantitative estimate of drug-likeness (QED) is 0.780. The van der Waals surface area contributed by atoms with Crippen LogP contribution in [-0.4, -0.2) is 26.7 Å². The molecule has 0 bridgehead atoms. The topological polar surface area (TPSA) is 59.6 Å². The Hall–Kier alpha value is -2.53. The van der Waals surface area contributed by atoms with Crippen LogP contribution in [0, 0.1) is 0 Å². The van der Waals surface area contributed by atoms with E-state index >= 15 is 0 Å². The zero-order valence-corrected chi connectivity index (χ0v) is 14.3. The molecule has 128 valence electrons. The molecule has 1 atom stereocenters. The Morgan fingerprint density at radius 2 is 1.75 bits per heavy atom. The third-order valence-corrected chi connectivity index (χ3v) is 3.77. The maximum absolute atomic E-state index is 12.1. The largest absolute Gasteiger partial charge is 0.493 e. The number of carbonyl (C=O) groups excluding carboxylic acids is 1. The summed E-state index contributed by atoms with van der Waals surface area (Å²) in [6, 6.07) is 15.7. The van der Waals surface area contributed by atoms with Crippen LogP contribution < -0.4 is 20.1 Å². The van der Waals surface area contributed by atoms with Crippen molar-refractivity contribution in [2.75, 3.05) is 26.1 Å². The van der Waals surface area contributed by atoms with Crippen molar-refractivity contribution in [2.45, 2.75) is 19.4 Å². The van der Waals surface area contributed by atoms with Crippen molar-refractivity contribution in [2.24, 2.45) is 0 Å². The first-order chi connectivity index (χ1) is 11.6. The molecule has 0 fully saturated rings. The standard InChI is InChI=1S/C19H24N2O3/c1-14(15-7-5-4-6-8-15)20-12-11-19(22)21-16-9-10-17(23-2)18(13-16)24-3/h4-10,13-14,20H,11-12H2,1-3H3,(H,21,22). The zero-order valence-electron chi connectivity index (χ0n) is 14.3. The lowest BCUT2D eigenvalue weighted by Gasteiger charge is -2.14. The molecule has 2 N–H and O–H groups in total. The van der Waals surface area contributed by atoms with Crippen molar-refractivity contribution >= 4 is 11.6 Å². The van der Waals surface area contributed by atoms with Crippen molar-refractivity contribution in [1.82, 2.24) is 5.32 Å². The Kier molecular flexibility index (Phi) is 6.63. The Balaban J connectivity index is 1.81. The number of methoxy groups -OCH3 is 2. The summed E-state index contributed by atoms with van der Waals surface area (Å²) in [6.45, 7) is 2.69. The van der Waals surface area contributed by atoms with Crippen molar-refractivity contribution in [3.8, 4) is 11.5 Å². The van der Waals surface area contributed by atoms with Crippen LogP contribution in [0.2, 0.25) is 0 Å². The van der Waals surface area contributed by atoms with Crippen LogP contribution in [-0.2, 0) is 4.79 Å². The first-order valence-electron chi connectivity index (χ1n) is 7.94. The molecule has 0 saturated carbocycles. The molecule has 0 radical (unpaired) electrons. The molecule has 0 aliphatic carbocycles. The molecular weight excluding hydrogens is 304 g/mol. The third kappa shape index (κ3) is 4.99. The van der Waals surface area contributed by atoms with E-state index < -0.39 is 0 Å². The Morgan fingerprint density at radius 1 is 1.04 bits per heavy atom. The van der Waals surface area contributed by atoms with Gasteiger partial charge in [0.25, 0.3) is 0 Å². The van der Waals surface area contributed by atoms with Crippen LogP contribution in [0.3, 0.4) is 0 Å². The smallest absolute Gasteiger partial charge is 0.225 e. The molecule has 5 heteroatoms. The number of amides is 1. The number of rotatable bonds is 8. The summed E-state index contributed by atoms with van der Waals surface area (Å²) in [5, 5.41) is 6.22. The van der Waals surface area contributed by atoms with Crippen LogP contribution in [0.1, 0.15) is 24.9 Å². The summed E-state index contributed by atoms with van der Waals surface area (Å²) in [6.07, 6.45) is 0.394. The van der Waals surface area contributed by atoms with E-state index in [0.717, 1.165) is 0 Å². The molecule has 1 unspecified atom stereocenters. The van der Waals surface area contributed by atoms with Gasteiger partial charge in [-0.05, 0) is 24.6 Å². The highest BCUT2D eigenvalue weighted by atomic mass is 16.5. The fourth-order valence-corrected chi connectivity index (χ4v) is 2.40. The highest BCUT2D eigenvalue weighted by Crippen LogP contribution is 2.29. The van der Waals surface area contributed by atoms with E-state index in [2.05, 4.69) is 29.7 Å². The van der Waals surface area contributed by atoms with Crippen LogP contribution in [0.4, 0.5) is 5.69 Å². The fraction of sp³-hybridized carbons (Fsp3) is 0.316. The van der Waals surface area contributed by atoms with Gasteiger partial charge < -0.3 is 20.1 Å². The van der Waals surface area contributed by atoms with E-state index in [0.29, 0.717) is 30.2 Å². The number of anilines is 1. The van der Waals surface area contributed by atoms with Crippen LogP contribution >= 0.6 is 0 Å². The Morgan fingerprint density at radius 3 is 2.42 bits per heavy atom. The molecule has 0 aliphatic heterocycles. The lowest BCUT2D eigenvalue weighted by molar-refractivity contribution is -0.116. The summed E-state index contributed by atoms with van der Waals surface area (Å²) >= 11 is 0. The molecular formula is C19H24N2O3. The Bertz CT molecular complexity index is 659. The van der Waals surface area contributed by atoms with Crippen LogP contribution in [0.25, 0.3) is 0 Å². The van der Waals surface area contributed by atoms with Gasteiger partial charge in [-0.15, -0.1) is 0 Å². The number of nitrogens with one attached hydrogen (secondary N) is 2. The van der Waals surface area contributed by atoms with E-state index in [1.165, 1.54) is 5.56 Å². The second kappa shape index (κ2) is 8.93. The van der Waals surface area contributed by atoms with Gasteiger partial charge in [0.1, 0.15) is 0 Å². The van der Waals surface area contributed by atoms with E-state index in [9.17, 15) is 4.79 Å². The molecule has 0 heterocycles. The molecule has 2 aromatic carbocycles. The van der Waals surface area contributed by atoms with E-state index in [1.54, 1.807) is 32.4 Å². The maximum atomic E-state index is 12.1. The second-order valence-electron chi connectivity index (χ2n) is 5.45. The maximum Gasteiger partial charge on any atom is 0.225 e. The van der Waals surface area contributed by atoms with Gasteiger partial charge in [0, 0.05) is 30.8 Å². The number of hydrogen-bond acceptors (Lipinski definition) is 4.